The quantitative estimate of drug-likeness (QED) is 0.221. The van der Waals surface area contributed by atoms with E-state index in [1.165, 1.54) is 12.1 Å². The van der Waals surface area contributed by atoms with E-state index in [1.54, 1.807) is 0 Å². The molecule has 10 heteroatoms. The summed E-state index contributed by atoms with van der Waals surface area (Å²) in [4.78, 5) is 21.8. The molecule has 2 N–H and O–H groups in total. The summed E-state index contributed by atoms with van der Waals surface area (Å²) in [5, 5.41) is 16.5. The number of aliphatic hydroxyl groups excluding tert-OH is 1. The van der Waals surface area contributed by atoms with Gasteiger partial charge < -0.3 is 10.2 Å². The van der Waals surface area contributed by atoms with Gasteiger partial charge in [-0.15, -0.1) is 0 Å². The van der Waals surface area contributed by atoms with Crippen molar-refractivity contribution in [3.8, 4) is 0 Å². The van der Waals surface area contributed by atoms with E-state index < -0.39 is 32.6 Å². The van der Waals surface area contributed by atoms with Gasteiger partial charge in [0.05, 0.1) is 20.1 Å². The van der Waals surface area contributed by atoms with Crippen molar-refractivity contribution in [2.75, 3.05) is 0 Å². The average Bonchev–Trinajstić information content (AvgIpc) is 2.49. The van der Waals surface area contributed by atoms with Crippen LogP contribution in [0.15, 0.2) is 27.2 Å². The number of ketones is 1. The van der Waals surface area contributed by atoms with Crippen LogP contribution in [-0.2, 0) is 9.59 Å². The van der Waals surface area contributed by atoms with E-state index in [4.69, 9.17) is 74.7 Å². The maximum atomic E-state index is 11.2. The average molecular weight is 425 g/mol. The third-order valence-corrected chi connectivity index (χ3v) is 4.87. The molecule has 1 aromatic carbocycles. The monoisotopic (exact) mass is 422 g/mol. The first-order valence-corrected chi connectivity index (χ1v) is 7.42. The van der Waals surface area contributed by atoms with Crippen LogP contribution in [0.1, 0.15) is 5.56 Å². The zero-order chi connectivity index (χ0) is 17.2. The molecule has 22 heavy (non-hydrogen) atoms. The van der Waals surface area contributed by atoms with E-state index >= 15 is 0 Å². The Balaban J connectivity index is 3.47. The molecule has 0 heterocycles. The molecule has 0 bridgehead atoms. The number of aliphatic carboxylic acids is 1. The molecule has 0 radical (unpaired) electrons. The molecular formula is C12H4Cl6O4. The van der Waals surface area contributed by atoms with Crippen molar-refractivity contribution in [1.82, 2.24) is 0 Å². The molecule has 0 saturated carbocycles. The number of hydrogen-bond donors (Lipinski definition) is 2. The number of Topliss-reactive ketones (excluding diaryl/α,β-unsaturated/α-hetero) is 1. The highest BCUT2D eigenvalue weighted by atomic mass is 35.5. The molecule has 0 aliphatic carbocycles. The lowest BCUT2D eigenvalue weighted by Gasteiger charge is -2.09. The first-order valence-electron chi connectivity index (χ1n) is 5.15. The van der Waals surface area contributed by atoms with Crippen LogP contribution < -0.4 is 0 Å². The molecule has 0 spiro atoms. The second-order valence-electron chi connectivity index (χ2n) is 3.65. The number of benzene rings is 1. The van der Waals surface area contributed by atoms with Gasteiger partial charge >= 0.3 is 5.97 Å². The minimum Gasteiger partial charge on any atom is -0.506 e. The minimum atomic E-state index is -1.83. The van der Waals surface area contributed by atoms with Crippen LogP contribution in [0, 0.1) is 0 Å². The fraction of sp³-hybridized carbons (Fsp3) is 0. The zero-order valence-electron chi connectivity index (χ0n) is 10.1. The van der Waals surface area contributed by atoms with Crippen LogP contribution in [0.3, 0.4) is 0 Å². The van der Waals surface area contributed by atoms with Crippen molar-refractivity contribution in [2.24, 2.45) is 0 Å². The third-order valence-electron chi connectivity index (χ3n) is 2.28. The number of carboxylic acid groups (broad SMARTS) is 1. The predicted molar refractivity (Wildman–Crippen MR) is 88.2 cm³/mol. The highest BCUT2D eigenvalue weighted by molar-refractivity contribution is 6.61. The number of carboxylic acids is 1. The van der Waals surface area contributed by atoms with Gasteiger partial charge in [0.25, 0.3) is 5.78 Å². The second kappa shape index (κ2) is 7.77. The standard InChI is InChI=1S/C12H4Cl6O4/c13-4-2-1-3(5(14)6(4)15)10(19)8(17)7(16)9(18)11(20)12(21)22/h1-2,19H,(H,21,22)/b9-7+,10-8+. The summed E-state index contributed by atoms with van der Waals surface area (Å²) in [7, 11) is 0. The second-order valence-corrected chi connectivity index (χ2v) is 5.94. The van der Waals surface area contributed by atoms with Crippen LogP contribution in [0.2, 0.25) is 15.1 Å². The fourth-order valence-corrected chi connectivity index (χ4v) is 2.44. The minimum absolute atomic E-state index is 0.0357. The summed E-state index contributed by atoms with van der Waals surface area (Å²) in [6, 6.07) is 2.64. The molecule has 0 saturated heterocycles. The first kappa shape index (κ1) is 19.4. The Morgan fingerprint density at radius 3 is 1.86 bits per heavy atom. The molecule has 1 aromatic rings. The van der Waals surface area contributed by atoms with Crippen molar-refractivity contribution in [3.05, 3.63) is 47.9 Å². The van der Waals surface area contributed by atoms with Crippen LogP contribution in [0.4, 0.5) is 0 Å². The lowest BCUT2D eigenvalue weighted by Crippen LogP contribution is -2.13. The van der Waals surface area contributed by atoms with Crippen molar-refractivity contribution < 1.29 is 19.8 Å². The maximum Gasteiger partial charge on any atom is 0.378 e. The van der Waals surface area contributed by atoms with Crippen molar-refractivity contribution in [2.45, 2.75) is 0 Å². The summed E-state index contributed by atoms with van der Waals surface area (Å²) in [5.74, 6) is -3.98. The Labute approximate surface area is 154 Å². The van der Waals surface area contributed by atoms with E-state index in [2.05, 4.69) is 0 Å². The summed E-state index contributed by atoms with van der Waals surface area (Å²) in [6.45, 7) is 0. The van der Waals surface area contributed by atoms with Gasteiger partial charge in [0, 0.05) is 5.56 Å². The van der Waals surface area contributed by atoms with E-state index in [0.717, 1.165) is 0 Å². The van der Waals surface area contributed by atoms with Gasteiger partial charge in [-0.2, -0.15) is 0 Å². The van der Waals surface area contributed by atoms with Crippen LogP contribution in [-0.4, -0.2) is 22.0 Å². The van der Waals surface area contributed by atoms with E-state index in [9.17, 15) is 14.7 Å². The number of hydrogen-bond acceptors (Lipinski definition) is 3. The SMILES string of the molecule is O=C(O)C(=O)/C(Cl)=C(Cl)/C(Cl)=C(\O)c1ccc(Cl)c(Cl)c1Cl. The molecule has 0 unspecified atom stereocenters. The maximum absolute atomic E-state index is 11.2. The summed E-state index contributed by atoms with van der Waals surface area (Å²) in [5.41, 5.74) is -0.0357. The van der Waals surface area contributed by atoms with Gasteiger partial charge in [0.1, 0.15) is 15.8 Å². The van der Waals surface area contributed by atoms with Crippen LogP contribution >= 0.6 is 69.6 Å². The smallest absolute Gasteiger partial charge is 0.378 e. The normalized spacial score (nSPS) is 13.4. The molecule has 1 rings (SSSR count). The molecule has 0 fully saturated rings. The Hall–Kier alpha value is -0.620. The molecule has 0 aliphatic rings. The number of halogens is 6. The zero-order valence-corrected chi connectivity index (χ0v) is 14.7. The number of aliphatic hydroxyl groups is 1. The molecule has 4 nitrogen and oxygen atoms in total. The van der Waals surface area contributed by atoms with Crippen LogP contribution in [0.25, 0.3) is 5.76 Å². The largest absolute Gasteiger partial charge is 0.506 e. The Kier molecular flexibility index (Phi) is 6.86. The topological polar surface area (TPSA) is 74.6 Å². The Bertz CT molecular complexity index is 723. The molecular weight excluding hydrogens is 421 g/mol. The van der Waals surface area contributed by atoms with Gasteiger partial charge in [-0.25, -0.2) is 4.79 Å². The van der Waals surface area contributed by atoms with E-state index in [0.29, 0.717) is 0 Å². The lowest BCUT2D eigenvalue weighted by molar-refractivity contribution is -0.146. The van der Waals surface area contributed by atoms with Gasteiger partial charge in [-0.05, 0) is 12.1 Å². The molecule has 0 amide bonds. The predicted octanol–water partition coefficient (Wildman–Crippen LogP) is 5.46. The number of allylic oxidation sites excluding steroid dienone is 2. The van der Waals surface area contributed by atoms with Crippen molar-refractivity contribution >= 4 is 87.1 Å². The number of carbonyl (C=O) groups excluding carboxylic acids is 1. The molecule has 0 atom stereocenters. The van der Waals surface area contributed by atoms with Gasteiger partial charge in [-0.1, -0.05) is 69.6 Å². The van der Waals surface area contributed by atoms with Crippen molar-refractivity contribution in [1.29, 1.82) is 0 Å². The Morgan fingerprint density at radius 2 is 1.36 bits per heavy atom. The fourth-order valence-electron chi connectivity index (χ4n) is 1.22. The van der Waals surface area contributed by atoms with E-state index in [-0.39, 0.29) is 20.6 Å². The first-order chi connectivity index (χ1) is 10.1. The molecule has 118 valence electrons. The van der Waals surface area contributed by atoms with Gasteiger partial charge in [0.2, 0.25) is 0 Å². The number of rotatable bonds is 4. The van der Waals surface area contributed by atoms with Crippen LogP contribution in [0.5, 0.6) is 0 Å². The highest BCUT2D eigenvalue weighted by Gasteiger charge is 2.23. The lowest BCUT2D eigenvalue weighted by atomic mass is 10.1. The summed E-state index contributed by atoms with van der Waals surface area (Å²) in [6.07, 6.45) is 0. The van der Waals surface area contributed by atoms with E-state index in [1.807, 2.05) is 0 Å². The van der Waals surface area contributed by atoms with Gasteiger partial charge in [-0.3, -0.25) is 4.79 Å². The van der Waals surface area contributed by atoms with Crippen molar-refractivity contribution in [3.63, 3.8) is 0 Å². The summed E-state index contributed by atoms with van der Waals surface area (Å²) >= 11 is 34.5. The van der Waals surface area contributed by atoms with Gasteiger partial charge in [0.15, 0.2) is 0 Å². The Morgan fingerprint density at radius 1 is 0.818 bits per heavy atom. The molecule has 0 aliphatic heterocycles. The molecule has 0 aromatic heterocycles. The summed E-state index contributed by atoms with van der Waals surface area (Å²) < 4.78 is 0. The third kappa shape index (κ3) is 4.02. The number of carbonyl (C=O) groups is 2. The highest BCUT2D eigenvalue weighted by Crippen LogP contribution is 2.38.